The van der Waals surface area contributed by atoms with Gasteiger partial charge in [-0.1, -0.05) is 11.6 Å². The molecule has 0 aliphatic rings. The van der Waals surface area contributed by atoms with E-state index in [-0.39, 0.29) is 15.7 Å². The van der Waals surface area contributed by atoms with Gasteiger partial charge in [0.2, 0.25) is 0 Å². The number of benzene rings is 1. The second kappa shape index (κ2) is 5.63. The molecule has 2 aromatic rings. The van der Waals surface area contributed by atoms with Crippen molar-refractivity contribution in [3.8, 4) is 11.4 Å². The molecule has 1 aromatic heterocycles. The van der Waals surface area contributed by atoms with Crippen LogP contribution >= 0.6 is 22.3 Å². The van der Waals surface area contributed by atoms with Crippen LogP contribution in [0.4, 0.5) is 0 Å². The monoisotopic (exact) mass is 334 g/mol. The summed E-state index contributed by atoms with van der Waals surface area (Å²) in [5, 5.41) is 4.06. The predicted octanol–water partition coefficient (Wildman–Crippen LogP) is 3.16. The molecule has 1 heterocycles. The van der Waals surface area contributed by atoms with Crippen molar-refractivity contribution in [2.24, 2.45) is 0 Å². The Morgan fingerprint density at radius 3 is 2.35 bits per heavy atom. The quantitative estimate of drug-likeness (QED) is 0.805. The van der Waals surface area contributed by atoms with Gasteiger partial charge >= 0.3 is 0 Å². The van der Waals surface area contributed by atoms with E-state index in [1.807, 2.05) is 6.92 Å². The molecule has 0 aliphatic carbocycles. The van der Waals surface area contributed by atoms with Crippen LogP contribution in [0.25, 0.3) is 5.69 Å². The molecule has 0 saturated heterocycles. The summed E-state index contributed by atoms with van der Waals surface area (Å²) in [6.45, 7) is 3.99. The maximum Gasteiger partial charge on any atom is 0.266 e. The summed E-state index contributed by atoms with van der Waals surface area (Å²) in [6.07, 6.45) is 0. The molecule has 0 fully saturated rings. The van der Waals surface area contributed by atoms with Crippen LogP contribution in [0.1, 0.15) is 12.6 Å². The van der Waals surface area contributed by atoms with Crippen LogP contribution in [-0.4, -0.2) is 24.8 Å². The zero-order valence-corrected chi connectivity index (χ0v) is 13.1. The van der Waals surface area contributed by atoms with Crippen LogP contribution in [-0.2, 0) is 9.05 Å². The average Bonchev–Trinajstić information content (AvgIpc) is 2.65. The maximum absolute atomic E-state index is 11.5. The second-order valence-corrected chi connectivity index (χ2v) is 6.84. The van der Waals surface area contributed by atoms with E-state index >= 15 is 0 Å². The molecule has 20 heavy (non-hydrogen) atoms. The molecule has 5 nitrogen and oxygen atoms in total. The molecule has 0 atom stereocenters. The van der Waals surface area contributed by atoms with Crippen molar-refractivity contribution in [1.29, 1.82) is 0 Å². The smallest absolute Gasteiger partial charge is 0.266 e. The summed E-state index contributed by atoms with van der Waals surface area (Å²) in [6, 6.07) is 6.96. The van der Waals surface area contributed by atoms with Gasteiger partial charge in [-0.2, -0.15) is 5.10 Å². The third-order valence-electron chi connectivity index (χ3n) is 2.59. The van der Waals surface area contributed by atoms with Crippen LogP contribution < -0.4 is 4.74 Å². The Morgan fingerprint density at radius 2 is 1.90 bits per heavy atom. The lowest BCUT2D eigenvalue weighted by Crippen LogP contribution is -1.98. The lowest BCUT2D eigenvalue weighted by molar-refractivity contribution is 0.340. The summed E-state index contributed by atoms with van der Waals surface area (Å²) in [5.41, 5.74) is 0.868. The number of rotatable bonds is 4. The van der Waals surface area contributed by atoms with E-state index in [0.29, 0.717) is 18.0 Å². The molecule has 0 radical (unpaired) electrons. The summed E-state index contributed by atoms with van der Waals surface area (Å²) in [7, 11) is 1.41. The Labute approximate surface area is 126 Å². The normalized spacial score (nSPS) is 11.6. The number of hydrogen-bond acceptors (Lipinski definition) is 4. The number of halogens is 2. The standard InChI is InChI=1S/C12H12Cl2N2O3S/c1-3-19-10-6-4-9(5-7-10)16-12(13)11(8(2)15-16)20(14,17)18/h4-7H,3H2,1-2H3. The number of ether oxygens (including phenoxy) is 1. The first kappa shape index (κ1) is 15.2. The highest BCUT2D eigenvalue weighted by Gasteiger charge is 2.24. The highest BCUT2D eigenvalue weighted by Crippen LogP contribution is 2.30. The van der Waals surface area contributed by atoms with E-state index in [9.17, 15) is 8.42 Å². The third-order valence-corrected chi connectivity index (χ3v) is 4.49. The Balaban J connectivity index is 2.49. The van der Waals surface area contributed by atoms with E-state index < -0.39 is 9.05 Å². The highest BCUT2D eigenvalue weighted by atomic mass is 35.7. The van der Waals surface area contributed by atoms with E-state index in [2.05, 4.69) is 5.10 Å². The van der Waals surface area contributed by atoms with Gasteiger partial charge in [-0.05, 0) is 38.1 Å². The van der Waals surface area contributed by atoms with Gasteiger partial charge in [0.1, 0.15) is 10.6 Å². The molecule has 0 unspecified atom stereocenters. The lowest BCUT2D eigenvalue weighted by Gasteiger charge is -2.06. The number of hydrogen-bond donors (Lipinski definition) is 0. The summed E-state index contributed by atoms with van der Waals surface area (Å²) >= 11 is 6.06. The molecule has 1 aromatic carbocycles. The van der Waals surface area contributed by atoms with Crippen molar-refractivity contribution >= 4 is 31.3 Å². The second-order valence-electron chi connectivity index (χ2n) is 3.98. The van der Waals surface area contributed by atoms with Crippen molar-refractivity contribution in [3.63, 3.8) is 0 Å². The Hall–Kier alpha value is -1.24. The van der Waals surface area contributed by atoms with E-state index in [1.165, 1.54) is 11.6 Å². The largest absolute Gasteiger partial charge is 0.494 e. The van der Waals surface area contributed by atoms with Gasteiger partial charge in [0.05, 0.1) is 18.0 Å². The molecule has 0 spiro atoms. The van der Waals surface area contributed by atoms with Crippen molar-refractivity contribution < 1.29 is 13.2 Å². The third kappa shape index (κ3) is 2.92. The first-order chi connectivity index (χ1) is 9.34. The van der Waals surface area contributed by atoms with Gasteiger partial charge in [0.15, 0.2) is 5.15 Å². The number of nitrogens with zero attached hydrogens (tertiary/aromatic N) is 2. The average molecular weight is 335 g/mol. The van der Waals surface area contributed by atoms with Gasteiger partial charge in [0.25, 0.3) is 9.05 Å². The summed E-state index contributed by atoms with van der Waals surface area (Å²) < 4.78 is 29.6. The highest BCUT2D eigenvalue weighted by molar-refractivity contribution is 8.13. The molecule has 108 valence electrons. The zero-order valence-electron chi connectivity index (χ0n) is 10.8. The molecule has 0 aliphatic heterocycles. The fourth-order valence-corrected chi connectivity index (χ4v) is 3.71. The number of aryl methyl sites for hydroxylation is 1. The van der Waals surface area contributed by atoms with Crippen molar-refractivity contribution in [2.75, 3.05) is 6.61 Å². The van der Waals surface area contributed by atoms with E-state index in [0.717, 1.165) is 0 Å². The first-order valence-corrected chi connectivity index (χ1v) is 8.46. The van der Waals surface area contributed by atoms with Crippen molar-refractivity contribution in [1.82, 2.24) is 9.78 Å². The topological polar surface area (TPSA) is 61.2 Å². The van der Waals surface area contributed by atoms with Crippen LogP contribution in [0, 0.1) is 6.92 Å². The molecule has 0 N–H and O–H groups in total. The van der Waals surface area contributed by atoms with Crippen molar-refractivity contribution in [2.45, 2.75) is 18.7 Å². The Kier molecular flexibility index (Phi) is 4.27. The minimum atomic E-state index is -3.94. The maximum atomic E-state index is 11.5. The minimum Gasteiger partial charge on any atom is -0.494 e. The van der Waals surface area contributed by atoms with Crippen molar-refractivity contribution in [3.05, 3.63) is 35.1 Å². The summed E-state index contributed by atoms with van der Waals surface area (Å²) in [5.74, 6) is 0.710. The molecule has 0 amide bonds. The SMILES string of the molecule is CCOc1ccc(-n2nc(C)c(S(=O)(=O)Cl)c2Cl)cc1. The zero-order chi connectivity index (χ0) is 14.9. The molecular weight excluding hydrogens is 323 g/mol. The number of aromatic nitrogens is 2. The Morgan fingerprint density at radius 1 is 1.30 bits per heavy atom. The lowest BCUT2D eigenvalue weighted by atomic mass is 10.3. The van der Waals surface area contributed by atoms with Crippen LogP contribution in [0.15, 0.2) is 29.2 Å². The fourth-order valence-electron chi connectivity index (χ4n) is 1.78. The molecular formula is C12H12Cl2N2O3S. The van der Waals surface area contributed by atoms with Gasteiger partial charge in [-0.25, -0.2) is 13.1 Å². The van der Waals surface area contributed by atoms with Crippen LogP contribution in [0.5, 0.6) is 5.75 Å². The van der Waals surface area contributed by atoms with Gasteiger partial charge in [-0.3, -0.25) is 0 Å². The van der Waals surface area contributed by atoms with Crippen LogP contribution in [0.3, 0.4) is 0 Å². The van der Waals surface area contributed by atoms with E-state index in [4.69, 9.17) is 27.0 Å². The summed E-state index contributed by atoms with van der Waals surface area (Å²) in [4.78, 5) is -0.172. The van der Waals surface area contributed by atoms with Gasteiger partial charge < -0.3 is 4.74 Å². The van der Waals surface area contributed by atoms with Crippen LogP contribution in [0.2, 0.25) is 5.15 Å². The van der Waals surface area contributed by atoms with Gasteiger partial charge in [-0.15, -0.1) is 0 Å². The molecule has 0 saturated carbocycles. The molecule has 8 heteroatoms. The van der Waals surface area contributed by atoms with E-state index in [1.54, 1.807) is 24.3 Å². The first-order valence-electron chi connectivity index (χ1n) is 5.77. The predicted molar refractivity (Wildman–Crippen MR) is 77.5 cm³/mol. The Bertz CT molecular complexity index is 724. The minimum absolute atomic E-state index is 0.0401. The fraction of sp³-hybridized carbons (Fsp3) is 0.250. The molecule has 2 rings (SSSR count). The van der Waals surface area contributed by atoms with Gasteiger partial charge in [0, 0.05) is 10.7 Å². The molecule has 0 bridgehead atoms.